The van der Waals surface area contributed by atoms with Crippen LogP contribution >= 0.6 is 0 Å². The highest BCUT2D eigenvalue weighted by atomic mass is 16.5. The van der Waals surface area contributed by atoms with Crippen LogP contribution in [0.15, 0.2) is 30.3 Å². The van der Waals surface area contributed by atoms with Crippen molar-refractivity contribution in [1.82, 2.24) is 4.90 Å². The second-order valence-electron chi connectivity index (χ2n) is 6.63. The maximum Gasteiger partial charge on any atom is 0.229 e. The second kappa shape index (κ2) is 7.25. The van der Waals surface area contributed by atoms with Gasteiger partial charge in [-0.2, -0.15) is 0 Å². The number of hydrogen-bond donors (Lipinski definition) is 0. The largest absolute Gasteiger partial charge is 0.382 e. The summed E-state index contributed by atoms with van der Waals surface area (Å²) in [6.07, 6.45) is 0.790. The van der Waals surface area contributed by atoms with Crippen LogP contribution in [0.4, 0.5) is 0 Å². The lowest BCUT2D eigenvalue weighted by Crippen LogP contribution is -2.52. The first-order valence-electron chi connectivity index (χ1n) is 7.91. The fraction of sp³-hybridized carbons (Fsp3) is 0.611. The summed E-state index contributed by atoms with van der Waals surface area (Å²) in [5, 5.41) is 0. The predicted octanol–water partition coefficient (Wildman–Crippen LogP) is 2.87. The molecule has 1 saturated heterocycles. The Morgan fingerprint density at radius 2 is 2.05 bits per heavy atom. The average molecular weight is 305 g/mol. The van der Waals surface area contributed by atoms with E-state index in [1.165, 1.54) is 0 Å². The Kier molecular flexibility index (Phi) is 5.59. The average Bonchev–Trinajstić information content (AvgIpc) is 2.91. The molecule has 122 valence electrons. The van der Waals surface area contributed by atoms with E-state index in [0.717, 1.165) is 12.0 Å². The zero-order valence-corrected chi connectivity index (χ0v) is 14.0. The van der Waals surface area contributed by atoms with Crippen molar-refractivity contribution >= 4 is 5.91 Å². The van der Waals surface area contributed by atoms with E-state index in [1.54, 1.807) is 7.11 Å². The first-order chi connectivity index (χ1) is 10.5. The highest BCUT2D eigenvalue weighted by molar-refractivity contribution is 5.80. The maximum absolute atomic E-state index is 13.1. The summed E-state index contributed by atoms with van der Waals surface area (Å²) in [7, 11) is 1.67. The summed E-state index contributed by atoms with van der Waals surface area (Å²) in [5.41, 5.74) is 0.774. The van der Waals surface area contributed by atoms with Gasteiger partial charge in [0.25, 0.3) is 0 Å². The SMILES string of the molecule is COCC(C)(C)N(Cc1ccccc1)C(=O)[C@H]1CCO[C@@H]1C. The van der Waals surface area contributed by atoms with Gasteiger partial charge < -0.3 is 14.4 Å². The molecule has 1 heterocycles. The molecular weight excluding hydrogens is 278 g/mol. The van der Waals surface area contributed by atoms with Gasteiger partial charge in [0.05, 0.1) is 24.2 Å². The molecule has 1 fully saturated rings. The summed E-state index contributed by atoms with van der Waals surface area (Å²) in [4.78, 5) is 15.0. The quantitative estimate of drug-likeness (QED) is 0.811. The minimum atomic E-state index is -0.357. The molecule has 0 unspecified atom stereocenters. The molecule has 1 aromatic carbocycles. The molecule has 0 N–H and O–H groups in total. The Morgan fingerprint density at radius 3 is 2.59 bits per heavy atom. The van der Waals surface area contributed by atoms with E-state index in [0.29, 0.717) is 19.8 Å². The van der Waals surface area contributed by atoms with Gasteiger partial charge in [0, 0.05) is 20.3 Å². The molecule has 0 bridgehead atoms. The third kappa shape index (κ3) is 3.87. The number of ether oxygens (including phenoxy) is 2. The fourth-order valence-electron chi connectivity index (χ4n) is 3.04. The Hall–Kier alpha value is -1.39. The number of nitrogens with zero attached hydrogens (tertiary/aromatic N) is 1. The molecule has 2 rings (SSSR count). The van der Waals surface area contributed by atoms with E-state index in [4.69, 9.17) is 9.47 Å². The van der Waals surface area contributed by atoms with Crippen molar-refractivity contribution in [2.75, 3.05) is 20.3 Å². The first-order valence-corrected chi connectivity index (χ1v) is 7.91. The van der Waals surface area contributed by atoms with E-state index in [9.17, 15) is 4.79 Å². The van der Waals surface area contributed by atoms with E-state index in [-0.39, 0.29) is 23.5 Å². The van der Waals surface area contributed by atoms with Crippen LogP contribution in [0.2, 0.25) is 0 Å². The third-order valence-electron chi connectivity index (χ3n) is 4.37. The van der Waals surface area contributed by atoms with Gasteiger partial charge in [-0.1, -0.05) is 30.3 Å². The van der Waals surface area contributed by atoms with Crippen molar-refractivity contribution in [3.8, 4) is 0 Å². The molecule has 0 saturated carbocycles. The summed E-state index contributed by atoms with van der Waals surface area (Å²) in [6, 6.07) is 10.1. The van der Waals surface area contributed by atoms with Crippen molar-refractivity contribution in [2.24, 2.45) is 5.92 Å². The van der Waals surface area contributed by atoms with Crippen LogP contribution in [-0.4, -0.2) is 42.8 Å². The Balaban J connectivity index is 2.22. The molecule has 0 aromatic heterocycles. The van der Waals surface area contributed by atoms with Crippen molar-refractivity contribution in [3.05, 3.63) is 35.9 Å². The molecule has 1 amide bonds. The van der Waals surface area contributed by atoms with Gasteiger partial charge in [0.15, 0.2) is 0 Å². The van der Waals surface area contributed by atoms with Crippen LogP contribution in [0, 0.1) is 5.92 Å². The number of methoxy groups -OCH3 is 1. The van der Waals surface area contributed by atoms with Crippen LogP contribution in [0.3, 0.4) is 0 Å². The number of hydrogen-bond acceptors (Lipinski definition) is 3. The summed E-state index contributed by atoms with van der Waals surface area (Å²) >= 11 is 0. The summed E-state index contributed by atoms with van der Waals surface area (Å²) in [6.45, 7) is 7.86. The Labute approximate surface area is 133 Å². The van der Waals surface area contributed by atoms with Gasteiger partial charge in [0.1, 0.15) is 0 Å². The number of amides is 1. The second-order valence-corrected chi connectivity index (χ2v) is 6.63. The Morgan fingerprint density at radius 1 is 1.36 bits per heavy atom. The molecule has 2 atom stereocenters. The lowest BCUT2D eigenvalue weighted by molar-refractivity contribution is -0.145. The van der Waals surface area contributed by atoms with Crippen LogP contribution < -0.4 is 0 Å². The van der Waals surface area contributed by atoms with E-state index >= 15 is 0 Å². The van der Waals surface area contributed by atoms with Crippen molar-refractivity contribution in [1.29, 1.82) is 0 Å². The lowest BCUT2D eigenvalue weighted by atomic mass is 9.95. The van der Waals surface area contributed by atoms with Gasteiger partial charge in [-0.3, -0.25) is 4.79 Å². The van der Waals surface area contributed by atoms with Gasteiger partial charge >= 0.3 is 0 Å². The van der Waals surface area contributed by atoms with Gasteiger partial charge in [0.2, 0.25) is 5.91 Å². The molecule has 0 radical (unpaired) electrons. The summed E-state index contributed by atoms with van der Waals surface area (Å²) in [5.74, 6) is 0.107. The van der Waals surface area contributed by atoms with Crippen molar-refractivity contribution in [2.45, 2.75) is 45.4 Å². The van der Waals surface area contributed by atoms with Crippen molar-refractivity contribution in [3.63, 3.8) is 0 Å². The molecule has 0 spiro atoms. The van der Waals surface area contributed by atoms with Crippen molar-refractivity contribution < 1.29 is 14.3 Å². The fourth-order valence-corrected chi connectivity index (χ4v) is 3.04. The molecule has 1 aliphatic rings. The number of carbonyl (C=O) groups excluding carboxylic acids is 1. The maximum atomic E-state index is 13.1. The van der Waals surface area contributed by atoms with Crippen LogP contribution in [0.5, 0.6) is 0 Å². The molecule has 1 aromatic rings. The molecule has 0 aliphatic carbocycles. The zero-order chi connectivity index (χ0) is 16.2. The number of carbonyl (C=O) groups is 1. The topological polar surface area (TPSA) is 38.8 Å². The smallest absolute Gasteiger partial charge is 0.229 e. The van der Waals surface area contributed by atoms with Gasteiger partial charge in [-0.15, -0.1) is 0 Å². The minimum absolute atomic E-state index is 0.0101. The monoisotopic (exact) mass is 305 g/mol. The normalized spacial score (nSPS) is 21.8. The first kappa shape index (κ1) is 17.0. The standard InChI is InChI=1S/C18H27NO3/c1-14-16(10-11-22-14)17(20)19(18(2,3)13-21-4)12-15-8-6-5-7-9-15/h5-9,14,16H,10-13H2,1-4H3/t14-,16+/m1/s1. The van der Waals surface area contributed by atoms with E-state index in [1.807, 2.05) is 30.0 Å². The molecule has 4 nitrogen and oxygen atoms in total. The molecule has 4 heteroatoms. The number of rotatable bonds is 6. The third-order valence-corrected chi connectivity index (χ3v) is 4.37. The van der Waals surface area contributed by atoms with E-state index in [2.05, 4.69) is 26.0 Å². The molecular formula is C18H27NO3. The predicted molar refractivity (Wildman–Crippen MR) is 86.5 cm³/mol. The Bertz CT molecular complexity index is 486. The minimum Gasteiger partial charge on any atom is -0.382 e. The van der Waals surface area contributed by atoms with Gasteiger partial charge in [-0.05, 0) is 32.8 Å². The number of benzene rings is 1. The zero-order valence-electron chi connectivity index (χ0n) is 14.0. The molecule has 1 aliphatic heterocycles. The highest BCUT2D eigenvalue weighted by Crippen LogP contribution is 2.28. The summed E-state index contributed by atoms with van der Waals surface area (Å²) < 4.78 is 10.9. The van der Waals surface area contributed by atoms with E-state index < -0.39 is 0 Å². The highest BCUT2D eigenvalue weighted by Gasteiger charge is 2.39. The van der Waals surface area contributed by atoms with Crippen LogP contribution in [0.1, 0.15) is 32.8 Å². The van der Waals surface area contributed by atoms with Crippen LogP contribution in [0.25, 0.3) is 0 Å². The molecule has 22 heavy (non-hydrogen) atoms. The lowest BCUT2D eigenvalue weighted by Gasteiger charge is -2.40. The van der Waals surface area contributed by atoms with Gasteiger partial charge in [-0.25, -0.2) is 0 Å². The van der Waals surface area contributed by atoms with Crippen LogP contribution in [-0.2, 0) is 20.8 Å².